The molecular weight excluding hydrogens is 326 g/mol. The number of hydrogen-bond acceptors (Lipinski definition) is 4. The Morgan fingerprint density at radius 2 is 2.04 bits per heavy atom. The third kappa shape index (κ3) is 3.68. The van der Waals surface area contributed by atoms with Gasteiger partial charge in [-0.2, -0.15) is 0 Å². The van der Waals surface area contributed by atoms with Crippen molar-refractivity contribution in [1.29, 1.82) is 0 Å². The molecule has 0 radical (unpaired) electrons. The van der Waals surface area contributed by atoms with Crippen molar-refractivity contribution in [1.82, 2.24) is 19.8 Å². The maximum absolute atomic E-state index is 12.5. The first-order chi connectivity index (χ1) is 12.7. The van der Waals surface area contributed by atoms with Crippen LogP contribution in [0.3, 0.4) is 0 Å². The zero-order valence-corrected chi connectivity index (χ0v) is 15.2. The Balaban J connectivity index is 1.46. The molecule has 1 amide bonds. The number of fused-ring (bicyclic) bond motifs is 1. The molecule has 1 aromatic heterocycles. The van der Waals surface area contributed by atoms with Crippen molar-refractivity contribution in [3.8, 4) is 11.8 Å². The van der Waals surface area contributed by atoms with E-state index in [1.807, 2.05) is 12.1 Å². The largest absolute Gasteiger partial charge is 0.367 e. The molecule has 1 aliphatic carbocycles. The van der Waals surface area contributed by atoms with E-state index in [1.54, 1.807) is 10.9 Å². The van der Waals surface area contributed by atoms with Crippen LogP contribution < -0.4 is 10.2 Å². The molecule has 0 atom stereocenters. The molecule has 1 aromatic carbocycles. The van der Waals surface area contributed by atoms with Gasteiger partial charge in [0.05, 0.1) is 17.7 Å². The van der Waals surface area contributed by atoms with Gasteiger partial charge in [0, 0.05) is 32.6 Å². The van der Waals surface area contributed by atoms with Crippen LogP contribution in [0.5, 0.6) is 0 Å². The van der Waals surface area contributed by atoms with Crippen LogP contribution in [0.4, 0.5) is 10.5 Å². The number of nitrogens with one attached hydrogen (secondary N) is 1. The Morgan fingerprint density at radius 3 is 2.81 bits per heavy atom. The Hall–Kier alpha value is -2.52. The number of piperazine rings is 1. The monoisotopic (exact) mass is 351 g/mol. The van der Waals surface area contributed by atoms with E-state index >= 15 is 0 Å². The van der Waals surface area contributed by atoms with Gasteiger partial charge in [0.2, 0.25) is 0 Å². The lowest BCUT2D eigenvalue weighted by Crippen LogP contribution is -2.44. The average molecular weight is 351 g/mol. The van der Waals surface area contributed by atoms with Crippen molar-refractivity contribution in [2.75, 3.05) is 44.7 Å². The molecule has 6 heteroatoms. The molecule has 2 heterocycles. The Bertz CT molecular complexity index is 850. The number of amides is 1. The Labute approximate surface area is 154 Å². The van der Waals surface area contributed by atoms with Crippen LogP contribution in [0.1, 0.15) is 19.3 Å². The van der Waals surface area contributed by atoms with Crippen molar-refractivity contribution in [2.45, 2.75) is 19.3 Å². The molecule has 136 valence electrons. The highest BCUT2D eigenvalue weighted by Crippen LogP contribution is 2.31. The molecule has 1 saturated carbocycles. The molecule has 4 rings (SSSR count). The summed E-state index contributed by atoms with van der Waals surface area (Å²) in [5.74, 6) is 6.97. The van der Waals surface area contributed by atoms with Crippen LogP contribution in [0, 0.1) is 17.8 Å². The van der Waals surface area contributed by atoms with Gasteiger partial charge in [-0.25, -0.2) is 9.78 Å². The first-order valence-electron chi connectivity index (χ1n) is 9.36. The minimum atomic E-state index is -0.177. The van der Waals surface area contributed by atoms with Crippen LogP contribution in [0.2, 0.25) is 0 Å². The van der Waals surface area contributed by atoms with Gasteiger partial charge in [-0.3, -0.25) is 4.57 Å². The van der Waals surface area contributed by atoms with Gasteiger partial charge in [-0.15, -0.1) is 5.92 Å². The molecule has 6 nitrogen and oxygen atoms in total. The second kappa shape index (κ2) is 7.38. The van der Waals surface area contributed by atoms with E-state index in [1.165, 1.54) is 12.8 Å². The second-order valence-corrected chi connectivity index (χ2v) is 7.21. The summed E-state index contributed by atoms with van der Waals surface area (Å²) in [5.41, 5.74) is 2.82. The Morgan fingerprint density at radius 1 is 1.23 bits per heavy atom. The summed E-state index contributed by atoms with van der Waals surface area (Å²) in [5, 5.41) is 2.87. The van der Waals surface area contributed by atoms with Crippen LogP contribution in [0.25, 0.3) is 11.0 Å². The molecule has 2 aliphatic rings. The number of likely N-dealkylation sites (N-methyl/N-ethyl adjacent to an activating group) is 1. The number of para-hydroxylation sites is 1. The predicted octanol–water partition coefficient (Wildman–Crippen LogP) is 2.15. The molecule has 2 fully saturated rings. The number of anilines is 1. The zero-order valence-electron chi connectivity index (χ0n) is 15.2. The van der Waals surface area contributed by atoms with E-state index in [4.69, 9.17) is 0 Å². The first kappa shape index (κ1) is 16.9. The van der Waals surface area contributed by atoms with Gasteiger partial charge in [0.25, 0.3) is 0 Å². The normalized spacial score (nSPS) is 17.8. The smallest absolute Gasteiger partial charge is 0.328 e. The average Bonchev–Trinajstić information content (AvgIpc) is 3.37. The summed E-state index contributed by atoms with van der Waals surface area (Å²) in [4.78, 5) is 21.7. The zero-order chi connectivity index (χ0) is 17.9. The predicted molar refractivity (Wildman–Crippen MR) is 103 cm³/mol. The molecule has 2 aromatic rings. The molecule has 0 unspecified atom stereocenters. The maximum atomic E-state index is 12.5. The van der Waals surface area contributed by atoms with Crippen molar-refractivity contribution in [2.24, 2.45) is 5.92 Å². The fraction of sp³-hybridized carbons (Fsp3) is 0.500. The first-order valence-corrected chi connectivity index (χ1v) is 9.36. The quantitative estimate of drug-likeness (QED) is 0.861. The van der Waals surface area contributed by atoms with E-state index in [0.29, 0.717) is 6.54 Å². The number of carbonyl (C=O) groups is 1. The van der Waals surface area contributed by atoms with E-state index in [2.05, 4.69) is 45.1 Å². The van der Waals surface area contributed by atoms with Gasteiger partial charge < -0.3 is 15.1 Å². The second-order valence-electron chi connectivity index (χ2n) is 7.21. The highest BCUT2D eigenvalue weighted by atomic mass is 16.2. The van der Waals surface area contributed by atoms with E-state index < -0.39 is 0 Å². The lowest BCUT2D eigenvalue weighted by atomic mass is 10.2. The summed E-state index contributed by atoms with van der Waals surface area (Å²) in [7, 11) is 2.14. The van der Waals surface area contributed by atoms with Crippen molar-refractivity contribution in [3.63, 3.8) is 0 Å². The third-order valence-electron chi connectivity index (χ3n) is 5.16. The summed E-state index contributed by atoms with van der Waals surface area (Å²) in [6.45, 7) is 4.41. The minimum Gasteiger partial charge on any atom is -0.367 e. The highest BCUT2D eigenvalue weighted by Gasteiger charge is 2.20. The molecular formula is C20H25N5O. The highest BCUT2D eigenvalue weighted by molar-refractivity contribution is 5.95. The number of carbonyl (C=O) groups excluding carboxylic acids is 1. The lowest BCUT2D eigenvalue weighted by Gasteiger charge is -2.34. The van der Waals surface area contributed by atoms with Crippen molar-refractivity contribution in [3.05, 3.63) is 24.5 Å². The fourth-order valence-corrected chi connectivity index (χ4v) is 3.29. The number of nitrogens with zero attached hydrogens (tertiary/aromatic N) is 4. The summed E-state index contributed by atoms with van der Waals surface area (Å²) < 4.78 is 1.58. The number of hydrogen-bond donors (Lipinski definition) is 1. The molecule has 26 heavy (non-hydrogen) atoms. The minimum absolute atomic E-state index is 0.177. The number of benzene rings is 1. The molecule has 1 saturated heterocycles. The lowest BCUT2D eigenvalue weighted by molar-refractivity contribution is 0.244. The maximum Gasteiger partial charge on any atom is 0.328 e. The van der Waals surface area contributed by atoms with Crippen LogP contribution in [-0.4, -0.2) is 60.3 Å². The van der Waals surface area contributed by atoms with Crippen LogP contribution >= 0.6 is 0 Å². The van der Waals surface area contributed by atoms with Crippen LogP contribution in [-0.2, 0) is 0 Å². The van der Waals surface area contributed by atoms with Gasteiger partial charge in [0.15, 0.2) is 0 Å². The molecule has 0 spiro atoms. The van der Waals surface area contributed by atoms with E-state index in [9.17, 15) is 4.79 Å². The SMILES string of the molecule is CN1CCN(c2cccc3c2ncn3C(=O)NCC#CCC2CC2)CC1. The molecule has 0 bridgehead atoms. The van der Waals surface area contributed by atoms with Gasteiger partial charge >= 0.3 is 6.03 Å². The number of imidazole rings is 1. The standard InChI is InChI=1S/C20H25N5O/c1-23-11-13-24(14-12-23)17-6-4-7-18-19(17)22-15-25(18)20(26)21-10-3-2-5-16-8-9-16/h4,6-7,15-16H,5,8-14H2,1H3,(H,21,26). The van der Waals surface area contributed by atoms with Gasteiger partial charge in [0.1, 0.15) is 11.8 Å². The molecule has 1 N–H and O–H groups in total. The van der Waals surface area contributed by atoms with Crippen LogP contribution in [0.15, 0.2) is 24.5 Å². The number of aromatic nitrogens is 2. The topological polar surface area (TPSA) is 53.4 Å². The van der Waals surface area contributed by atoms with Gasteiger partial charge in [-0.1, -0.05) is 12.0 Å². The van der Waals surface area contributed by atoms with Gasteiger partial charge in [-0.05, 0) is 37.9 Å². The van der Waals surface area contributed by atoms with Crippen molar-refractivity contribution < 1.29 is 4.79 Å². The van der Waals surface area contributed by atoms with Crippen molar-refractivity contribution >= 4 is 22.8 Å². The summed E-state index contributed by atoms with van der Waals surface area (Å²) in [6, 6.07) is 5.85. The summed E-state index contributed by atoms with van der Waals surface area (Å²) in [6.07, 6.45) is 5.17. The summed E-state index contributed by atoms with van der Waals surface area (Å²) >= 11 is 0. The Kier molecular flexibility index (Phi) is 4.81. The number of rotatable bonds is 3. The van der Waals surface area contributed by atoms with E-state index in [0.717, 1.165) is 55.2 Å². The fourth-order valence-electron chi connectivity index (χ4n) is 3.29. The molecule has 1 aliphatic heterocycles. The third-order valence-corrected chi connectivity index (χ3v) is 5.16. The van der Waals surface area contributed by atoms with E-state index in [-0.39, 0.29) is 6.03 Å².